The Bertz CT molecular complexity index is 230. The summed E-state index contributed by atoms with van der Waals surface area (Å²) in [5.41, 5.74) is 4.62. The number of esters is 1. The van der Waals surface area contributed by atoms with E-state index < -0.39 is 12.2 Å². The van der Waals surface area contributed by atoms with E-state index in [9.17, 15) is 9.59 Å². The largest absolute Gasteiger partial charge is 0.460 e. The quantitative estimate of drug-likeness (QED) is 0.589. The highest BCUT2D eigenvalue weighted by Crippen LogP contribution is 1.95. The molecular formula is C11H23NO6. The van der Waals surface area contributed by atoms with Crippen LogP contribution < -0.4 is 5.73 Å². The Kier molecular flexibility index (Phi) is 12.8. The van der Waals surface area contributed by atoms with Gasteiger partial charge in [0.05, 0.1) is 12.7 Å². The number of hydrogen-bond donors (Lipinski definition) is 3. The van der Waals surface area contributed by atoms with Gasteiger partial charge in [0.2, 0.25) is 0 Å². The van der Waals surface area contributed by atoms with Crippen molar-refractivity contribution in [2.75, 3.05) is 13.2 Å². The normalized spacial score (nSPS) is 12.7. The number of carbonyl (C=O) groups is 2. The molecule has 2 unspecified atom stereocenters. The molecule has 0 bridgehead atoms. The molecule has 108 valence electrons. The smallest absolute Gasteiger partial charge is 0.404 e. The number of nitrogens with two attached hydrogens (primary N) is 1. The summed E-state index contributed by atoms with van der Waals surface area (Å²) in [6.45, 7) is 4.87. The first-order chi connectivity index (χ1) is 8.37. The highest BCUT2D eigenvalue weighted by atomic mass is 16.6. The molecule has 2 atom stereocenters. The number of aliphatic hydroxyl groups excluding tert-OH is 2. The zero-order chi connectivity index (χ0) is 14.6. The molecule has 0 aromatic carbocycles. The Morgan fingerprint density at radius 3 is 2.06 bits per heavy atom. The van der Waals surface area contributed by atoms with Crippen LogP contribution in [0.4, 0.5) is 4.79 Å². The van der Waals surface area contributed by atoms with Gasteiger partial charge in [-0.15, -0.1) is 0 Å². The van der Waals surface area contributed by atoms with Crippen molar-refractivity contribution in [2.24, 2.45) is 5.73 Å². The molecule has 1 amide bonds. The van der Waals surface area contributed by atoms with Gasteiger partial charge in [-0.25, -0.2) is 4.79 Å². The number of primary amides is 1. The molecule has 0 aliphatic heterocycles. The van der Waals surface area contributed by atoms with Gasteiger partial charge in [0.25, 0.3) is 0 Å². The maximum Gasteiger partial charge on any atom is 0.404 e. The van der Waals surface area contributed by atoms with Gasteiger partial charge in [0, 0.05) is 6.92 Å². The maximum atomic E-state index is 10.2. The second-order valence-corrected chi connectivity index (χ2v) is 3.51. The monoisotopic (exact) mass is 265 g/mol. The second-order valence-electron chi connectivity index (χ2n) is 3.51. The molecule has 0 saturated carbocycles. The van der Waals surface area contributed by atoms with Gasteiger partial charge in [0.1, 0.15) is 12.7 Å². The van der Waals surface area contributed by atoms with E-state index in [1.807, 2.05) is 6.92 Å². The van der Waals surface area contributed by atoms with Crippen LogP contribution >= 0.6 is 0 Å². The summed E-state index contributed by atoms with van der Waals surface area (Å²) in [5, 5.41) is 17.3. The number of carbonyl (C=O) groups excluding carboxylic acids is 2. The van der Waals surface area contributed by atoms with Crippen molar-refractivity contribution in [3.05, 3.63) is 0 Å². The highest BCUT2D eigenvalue weighted by molar-refractivity contribution is 5.66. The lowest BCUT2D eigenvalue weighted by molar-refractivity contribution is -0.148. The first-order valence-corrected chi connectivity index (χ1v) is 5.75. The molecule has 0 radical (unpaired) electrons. The minimum absolute atomic E-state index is 0.00810. The number of rotatable bonds is 6. The average molecular weight is 265 g/mol. The summed E-state index contributed by atoms with van der Waals surface area (Å²) in [7, 11) is 0. The van der Waals surface area contributed by atoms with Crippen molar-refractivity contribution >= 4 is 12.1 Å². The van der Waals surface area contributed by atoms with Gasteiger partial charge in [-0.1, -0.05) is 13.8 Å². The highest BCUT2D eigenvalue weighted by Gasteiger charge is 2.05. The summed E-state index contributed by atoms with van der Waals surface area (Å²) < 4.78 is 8.94. The van der Waals surface area contributed by atoms with E-state index in [-0.39, 0.29) is 25.3 Å². The van der Waals surface area contributed by atoms with E-state index >= 15 is 0 Å². The molecule has 0 aliphatic rings. The Balaban J connectivity index is 0. The van der Waals surface area contributed by atoms with Crippen LogP contribution in [0.15, 0.2) is 0 Å². The third-order valence-corrected chi connectivity index (χ3v) is 1.88. The molecule has 0 fully saturated rings. The molecule has 4 N–H and O–H groups in total. The number of amides is 1. The summed E-state index contributed by atoms with van der Waals surface area (Å²) in [5.74, 6) is -0.337. The number of ether oxygens (including phenoxy) is 2. The minimum atomic E-state index is -0.845. The zero-order valence-corrected chi connectivity index (χ0v) is 11.1. The minimum Gasteiger partial charge on any atom is -0.460 e. The molecule has 0 rings (SSSR count). The van der Waals surface area contributed by atoms with Crippen LogP contribution in [0.5, 0.6) is 0 Å². The average Bonchev–Trinajstić information content (AvgIpc) is 2.33. The van der Waals surface area contributed by atoms with E-state index in [1.54, 1.807) is 6.92 Å². The Morgan fingerprint density at radius 2 is 1.83 bits per heavy atom. The van der Waals surface area contributed by atoms with Crippen LogP contribution in [0.3, 0.4) is 0 Å². The van der Waals surface area contributed by atoms with E-state index in [4.69, 9.17) is 10.2 Å². The molecule has 7 nitrogen and oxygen atoms in total. The van der Waals surface area contributed by atoms with Crippen molar-refractivity contribution < 1.29 is 29.3 Å². The van der Waals surface area contributed by atoms with Gasteiger partial charge in [-0.3, -0.25) is 4.79 Å². The SMILES string of the molecule is CCC(CO)OC(C)=O.CCC(O)COC(N)=O. The van der Waals surface area contributed by atoms with Crippen molar-refractivity contribution in [1.29, 1.82) is 0 Å². The molecule has 0 saturated heterocycles. The summed E-state index contributed by atoms with van der Waals surface area (Å²) in [6, 6.07) is 0. The third-order valence-electron chi connectivity index (χ3n) is 1.88. The lowest BCUT2D eigenvalue weighted by atomic mass is 10.3. The van der Waals surface area contributed by atoms with E-state index in [1.165, 1.54) is 6.92 Å². The lowest BCUT2D eigenvalue weighted by Crippen LogP contribution is -2.21. The molecule has 0 aromatic heterocycles. The van der Waals surface area contributed by atoms with Gasteiger partial charge in [-0.2, -0.15) is 0 Å². The van der Waals surface area contributed by atoms with Gasteiger partial charge in [-0.05, 0) is 12.8 Å². The van der Waals surface area contributed by atoms with E-state index in [2.05, 4.69) is 15.2 Å². The number of hydrogen-bond acceptors (Lipinski definition) is 6. The van der Waals surface area contributed by atoms with Gasteiger partial charge < -0.3 is 25.4 Å². The molecule has 0 spiro atoms. The van der Waals surface area contributed by atoms with E-state index in [0.717, 1.165) is 0 Å². The van der Waals surface area contributed by atoms with Crippen molar-refractivity contribution in [1.82, 2.24) is 0 Å². The summed E-state index contributed by atoms with van der Waals surface area (Å²) in [4.78, 5) is 20.1. The topological polar surface area (TPSA) is 119 Å². The first-order valence-electron chi connectivity index (χ1n) is 5.75. The van der Waals surface area contributed by atoms with Crippen LogP contribution in [-0.4, -0.2) is 47.7 Å². The Labute approximate surface area is 107 Å². The molecule has 7 heteroatoms. The fourth-order valence-corrected chi connectivity index (χ4v) is 0.781. The van der Waals surface area contributed by atoms with Crippen molar-refractivity contribution in [2.45, 2.75) is 45.8 Å². The van der Waals surface area contributed by atoms with Crippen LogP contribution in [0.25, 0.3) is 0 Å². The fraction of sp³-hybridized carbons (Fsp3) is 0.818. The summed E-state index contributed by atoms with van der Waals surface area (Å²) >= 11 is 0. The second kappa shape index (κ2) is 12.1. The van der Waals surface area contributed by atoms with Gasteiger partial charge in [0.15, 0.2) is 0 Å². The van der Waals surface area contributed by atoms with Crippen LogP contribution in [-0.2, 0) is 14.3 Å². The number of aliphatic hydroxyl groups is 2. The molecule has 18 heavy (non-hydrogen) atoms. The fourth-order valence-electron chi connectivity index (χ4n) is 0.781. The van der Waals surface area contributed by atoms with Crippen LogP contribution in [0, 0.1) is 0 Å². The van der Waals surface area contributed by atoms with Crippen molar-refractivity contribution in [3.63, 3.8) is 0 Å². The van der Waals surface area contributed by atoms with E-state index in [0.29, 0.717) is 12.8 Å². The van der Waals surface area contributed by atoms with Gasteiger partial charge >= 0.3 is 12.1 Å². The molecular weight excluding hydrogens is 242 g/mol. The summed E-state index contributed by atoms with van der Waals surface area (Å²) in [6.07, 6.45) is -0.522. The van der Waals surface area contributed by atoms with Crippen molar-refractivity contribution in [3.8, 4) is 0 Å². The molecule has 0 heterocycles. The van der Waals surface area contributed by atoms with Crippen LogP contribution in [0.1, 0.15) is 33.6 Å². The Hall–Kier alpha value is -1.34. The predicted octanol–water partition coefficient (Wildman–Crippen LogP) is 0.173. The first kappa shape index (κ1) is 19.0. The third kappa shape index (κ3) is 14.7. The molecule has 0 aliphatic carbocycles. The lowest BCUT2D eigenvalue weighted by Gasteiger charge is -2.10. The zero-order valence-electron chi connectivity index (χ0n) is 11.1. The van der Waals surface area contributed by atoms with Crippen LogP contribution in [0.2, 0.25) is 0 Å². The standard InChI is InChI=1S/C6H12O3.C5H11NO3/c1-3-6(4-7)9-5(2)8;1-2-4(7)3-9-5(6)8/h6-7H,3-4H2,1-2H3;4,7H,2-3H2,1H3,(H2,6,8). The maximum absolute atomic E-state index is 10.2. The predicted molar refractivity (Wildman–Crippen MR) is 64.8 cm³/mol. The Morgan fingerprint density at radius 1 is 1.28 bits per heavy atom. The molecule has 0 aromatic rings.